The molecule has 186 valence electrons. The van der Waals surface area contributed by atoms with Crippen LogP contribution >= 0.6 is 0 Å². The van der Waals surface area contributed by atoms with Crippen LogP contribution in [0.4, 0.5) is 13.6 Å². The number of hydrogen-bond donors (Lipinski definition) is 1. The number of hydrogen-bond acceptors (Lipinski definition) is 5. The number of benzene rings is 3. The summed E-state index contributed by atoms with van der Waals surface area (Å²) in [4.78, 5) is 27.1. The summed E-state index contributed by atoms with van der Waals surface area (Å²) in [6.45, 7) is 1.43. The van der Waals surface area contributed by atoms with Gasteiger partial charge in [0.05, 0.1) is 23.9 Å². The third-order valence-corrected chi connectivity index (χ3v) is 5.50. The monoisotopic (exact) mass is 494 g/mol. The first kappa shape index (κ1) is 24.7. The minimum atomic E-state index is -0.904. The fourth-order valence-electron chi connectivity index (χ4n) is 3.75. The Bertz CT molecular complexity index is 1300. The molecular weight excluding hydrogens is 470 g/mol. The second kappa shape index (κ2) is 10.9. The van der Waals surface area contributed by atoms with E-state index in [9.17, 15) is 18.4 Å². The van der Waals surface area contributed by atoms with Gasteiger partial charge in [0.1, 0.15) is 23.9 Å². The highest BCUT2D eigenvalue weighted by molar-refractivity contribution is 5.95. The summed E-state index contributed by atoms with van der Waals surface area (Å²) in [5.74, 6) is -1.42. The maximum atomic E-state index is 14.1. The Kier molecular flexibility index (Phi) is 7.48. The van der Waals surface area contributed by atoms with Crippen LogP contribution in [0, 0.1) is 11.6 Å². The van der Waals surface area contributed by atoms with Crippen molar-refractivity contribution in [2.24, 2.45) is 0 Å². The molecule has 0 aromatic heterocycles. The van der Waals surface area contributed by atoms with Gasteiger partial charge >= 0.3 is 12.0 Å². The molecule has 3 aromatic carbocycles. The first-order valence-corrected chi connectivity index (χ1v) is 11.2. The second-order valence-electron chi connectivity index (χ2n) is 7.87. The van der Waals surface area contributed by atoms with Gasteiger partial charge in [-0.1, -0.05) is 30.3 Å². The third-order valence-electron chi connectivity index (χ3n) is 5.50. The van der Waals surface area contributed by atoms with Crippen molar-refractivity contribution in [2.45, 2.75) is 13.0 Å². The van der Waals surface area contributed by atoms with Crippen molar-refractivity contribution in [1.29, 1.82) is 0 Å². The van der Waals surface area contributed by atoms with Crippen LogP contribution in [0.2, 0.25) is 0 Å². The van der Waals surface area contributed by atoms with E-state index in [4.69, 9.17) is 14.2 Å². The molecule has 0 radical (unpaired) electrons. The van der Waals surface area contributed by atoms with Crippen LogP contribution in [-0.2, 0) is 9.53 Å². The second-order valence-corrected chi connectivity index (χ2v) is 7.87. The van der Waals surface area contributed by atoms with Crippen molar-refractivity contribution in [2.75, 3.05) is 20.3 Å². The van der Waals surface area contributed by atoms with Crippen molar-refractivity contribution in [3.05, 3.63) is 101 Å². The Morgan fingerprint density at radius 1 is 1.00 bits per heavy atom. The molecule has 0 unspecified atom stereocenters. The number of halogens is 2. The van der Waals surface area contributed by atoms with Crippen LogP contribution in [0.5, 0.6) is 17.2 Å². The molecule has 4 rings (SSSR count). The van der Waals surface area contributed by atoms with Gasteiger partial charge in [-0.2, -0.15) is 0 Å². The fraction of sp³-hybridized carbons (Fsp3) is 0.185. The van der Waals surface area contributed by atoms with E-state index >= 15 is 0 Å². The topological polar surface area (TPSA) is 77.1 Å². The molecule has 0 saturated heterocycles. The van der Waals surface area contributed by atoms with E-state index < -0.39 is 29.7 Å². The zero-order chi connectivity index (χ0) is 25.7. The number of carbonyl (C=O) groups excluding carboxylic acids is 2. The molecule has 1 aliphatic heterocycles. The van der Waals surface area contributed by atoms with Gasteiger partial charge < -0.3 is 19.5 Å². The molecule has 9 heteroatoms. The number of rotatable bonds is 8. The lowest BCUT2D eigenvalue weighted by atomic mass is 9.94. The molecule has 2 amide bonds. The number of likely N-dealkylation sites (N-methyl/N-ethyl adjacent to an activating group) is 1. The smallest absolute Gasteiger partial charge is 0.338 e. The summed E-state index contributed by atoms with van der Waals surface area (Å²) >= 11 is 0. The molecule has 3 aromatic rings. The molecule has 1 N–H and O–H groups in total. The van der Waals surface area contributed by atoms with Crippen molar-refractivity contribution >= 4 is 12.0 Å². The average Bonchev–Trinajstić information content (AvgIpc) is 2.86. The fourth-order valence-corrected chi connectivity index (χ4v) is 3.75. The van der Waals surface area contributed by atoms with E-state index in [-0.39, 0.29) is 30.2 Å². The van der Waals surface area contributed by atoms with Crippen molar-refractivity contribution in [1.82, 2.24) is 10.2 Å². The van der Waals surface area contributed by atoms with Crippen LogP contribution in [0.15, 0.2) is 84.1 Å². The van der Waals surface area contributed by atoms with Gasteiger partial charge in [-0.3, -0.25) is 4.90 Å². The van der Waals surface area contributed by atoms with Crippen LogP contribution < -0.4 is 14.8 Å². The summed E-state index contributed by atoms with van der Waals surface area (Å²) in [7, 11) is 1.46. The highest BCUT2D eigenvalue weighted by Gasteiger charge is 2.37. The average molecular weight is 494 g/mol. The molecule has 0 aliphatic carbocycles. The zero-order valence-electron chi connectivity index (χ0n) is 19.7. The number of nitrogens with one attached hydrogen (secondary N) is 1. The van der Waals surface area contributed by atoms with Crippen LogP contribution in [0.25, 0.3) is 0 Å². The van der Waals surface area contributed by atoms with Gasteiger partial charge in [0, 0.05) is 13.1 Å². The Morgan fingerprint density at radius 2 is 1.75 bits per heavy atom. The number of nitrogens with zero attached hydrogens (tertiary/aromatic N) is 1. The van der Waals surface area contributed by atoms with Gasteiger partial charge in [-0.25, -0.2) is 18.4 Å². The van der Waals surface area contributed by atoms with Crippen LogP contribution in [0.1, 0.15) is 18.5 Å². The number of ether oxygens (including phenoxy) is 3. The molecule has 7 nitrogen and oxygen atoms in total. The summed E-state index contributed by atoms with van der Waals surface area (Å²) in [6.07, 6.45) is 0. The summed E-state index contributed by atoms with van der Waals surface area (Å²) in [5, 5.41) is 2.80. The first-order valence-electron chi connectivity index (χ1n) is 11.2. The van der Waals surface area contributed by atoms with Crippen molar-refractivity contribution in [3.63, 3.8) is 0 Å². The molecule has 0 fully saturated rings. The summed E-state index contributed by atoms with van der Waals surface area (Å²) < 4.78 is 44.1. The zero-order valence-corrected chi connectivity index (χ0v) is 19.7. The maximum absolute atomic E-state index is 14.1. The number of para-hydroxylation sites is 1. The van der Waals surface area contributed by atoms with Gasteiger partial charge in [0.15, 0.2) is 11.6 Å². The van der Waals surface area contributed by atoms with E-state index in [1.54, 1.807) is 43.3 Å². The van der Waals surface area contributed by atoms with Gasteiger partial charge in [-0.15, -0.1) is 0 Å². The lowest BCUT2D eigenvalue weighted by molar-refractivity contribution is -0.139. The molecule has 0 spiro atoms. The van der Waals surface area contributed by atoms with Gasteiger partial charge in [0.25, 0.3) is 0 Å². The van der Waals surface area contributed by atoms with E-state index in [1.807, 2.05) is 18.2 Å². The maximum Gasteiger partial charge on any atom is 0.338 e. The number of amides is 2. The van der Waals surface area contributed by atoms with Crippen LogP contribution in [-0.4, -0.2) is 37.2 Å². The molecular formula is C27H24F2N2O5. The highest BCUT2D eigenvalue weighted by atomic mass is 19.1. The number of urea groups is 1. The number of carbonyl (C=O) groups is 2. The largest absolute Gasteiger partial charge is 0.484 e. The van der Waals surface area contributed by atoms with E-state index in [0.717, 1.165) is 12.1 Å². The van der Waals surface area contributed by atoms with Crippen LogP contribution in [0.3, 0.4) is 0 Å². The quantitative estimate of drug-likeness (QED) is 0.427. The van der Waals surface area contributed by atoms with E-state index in [2.05, 4.69) is 5.32 Å². The third kappa shape index (κ3) is 5.46. The minimum Gasteiger partial charge on any atom is -0.484 e. The lowest BCUT2D eigenvalue weighted by Crippen LogP contribution is -2.48. The predicted molar refractivity (Wildman–Crippen MR) is 128 cm³/mol. The van der Waals surface area contributed by atoms with E-state index in [0.29, 0.717) is 23.1 Å². The van der Waals surface area contributed by atoms with Crippen molar-refractivity contribution in [3.8, 4) is 17.2 Å². The standard InChI is InChI=1S/C27H24F2N2O5/c1-3-34-26(32)24-22(16-35-23-13-12-18(28)15-21(23)29)31(2)27(33)30-25(24)17-8-7-11-20(14-17)36-19-9-5-4-6-10-19/h4-15,25H,3,16H2,1-2H3,(H,30,33)/t25-/m1/s1. The van der Waals surface area contributed by atoms with Gasteiger partial charge in [0.2, 0.25) is 0 Å². The number of esters is 1. The Morgan fingerprint density at radius 3 is 2.47 bits per heavy atom. The Balaban J connectivity index is 1.71. The Hall–Kier alpha value is -4.40. The predicted octanol–water partition coefficient (Wildman–Crippen LogP) is 5.35. The molecule has 1 atom stereocenters. The molecule has 0 saturated carbocycles. The molecule has 0 bridgehead atoms. The normalized spacial score (nSPS) is 15.4. The Labute approximate surface area is 206 Å². The summed E-state index contributed by atoms with van der Waals surface area (Å²) in [5.41, 5.74) is 0.872. The van der Waals surface area contributed by atoms with E-state index in [1.165, 1.54) is 11.9 Å². The molecule has 36 heavy (non-hydrogen) atoms. The molecule has 1 aliphatic rings. The SMILES string of the molecule is CCOC(=O)C1=C(COc2ccc(F)cc2F)N(C)C(=O)N[C@@H]1c1cccc(Oc2ccccc2)c1. The van der Waals surface area contributed by atoms with Gasteiger partial charge in [-0.05, 0) is 48.9 Å². The minimum absolute atomic E-state index is 0.102. The van der Waals surface area contributed by atoms with Crippen molar-refractivity contribution < 1.29 is 32.6 Å². The summed E-state index contributed by atoms with van der Waals surface area (Å²) in [6, 6.07) is 17.6. The lowest BCUT2D eigenvalue weighted by Gasteiger charge is -2.34. The molecule has 1 heterocycles. The first-order chi connectivity index (χ1) is 17.4. The highest BCUT2D eigenvalue weighted by Crippen LogP contribution is 2.34.